The Kier molecular flexibility index (Phi) is 31.6. The van der Waals surface area contributed by atoms with E-state index in [9.17, 15) is 33.2 Å². The highest BCUT2D eigenvalue weighted by atomic mass is 79.9. The van der Waals surface area contributed by atoms with Gasteiger partial charge < -0.3 is 77.8 Å². The van der Waals surface area contributed by atoms with Crippen LogP contribution in [0.15, 0.2) is 187 Å². The smallest absolute Gasteiger partial charge is 0.410 e. The van der Waals surface area contributed by atoms with Crippen molar-refractivity contribution in [3.63, 3.8) is 0 Å². The maximum atomic E-state index is 15.8. The molecule has 0 bridgehead atoms. The van der Waals surface area contributed by atoms with Gasteiger partial charge >= 0.3 is 18.3 Å². The molecule has 5 fully saturated rings. The Bertz CT molecular complexity index is 7030. The van der Waals surface area contributed by atoms with E-state index in [1.165, 1.54) is 31.9 Å². The van der Waals surface area contributed by atoms with E-state index in [-0.39, 0.29) is 109 Å². The number of ether oxygens (including phenoxy) is 3. The lowest BCUT2D eigenvalue weighted by Crippen LogP contribution is -2.54. The number of likely N-dealkylation sites (tertiary alicyclic amines) is 4. The molecule has 5 atom stereocenters. The number of benzene rings is 3. The fourth-order valence-electron chi connectivity index (χ4n) is 15.4. The van der Waals surface area contributed by atoms with E-state index in [0.29, 0.717) is 107 Å². The van der Waals surface area contributed by atoms with Gasteiger partial charge in [0.15, 0.2) is 11.9 Å². The van der Waals surface area contributed by atoms with Gasteiger partial charge in [0.2, 0.25) is 69.1 Å². The van der Waals surface area contributed by atoms with Crippen LogP contribution < -0.4 is 27.5 Å². The zero-order valence-corrected chi connectivity index (χ0v) is 81.8. The fourth-order valence-corrected chi connectivity index (χ4v) is 16.4. The number of aromatic amines is 2. The van der Waals surface area contributed by atoms with Crippen molar-refractivity contribution in [3.8, 4) is 57.8 Å². The summed E-state index contributed by atoms with van der Waals surface area (Å²) in [5.74, 6) is -1.05. The van der Waals surface area contributed by atoms with E-state index < -0.39 is 81.4 Å². The average Bonchev–Trinajstić information content (AvgIpc) is 1.49. The summed E-state index contributed by atoms with van der Waals surface area (Å²) in [4.78, 5) is 116. The second-order valence-electron chi connectivity index (χ2n) is 36.6. The Labute approximate surface area is 818 Å². The number of nitrogen functional groups attached to an aromatic ring is 1. The monoisotopic (exact) mass is 2100 g/mol. The highest BCUT2D eigenvalue weighted by Crippen LogP contribution is 2.43. The number of rotatable bonds is 9. The third-order valence-electron chi connectivity index (χ3n) is 22.1. The molecule has 724 valence electrons. The number of amides is 4. The molecule has 139 heavy (non-hydrogen) atoms. The van der Waals surface area contributed by atoms with Crippen LogP contribution in [0.5, 0.6) is 0 Å². The molecule has 15 heterocycles. The van der Waals surface area contributed by atoms with Crippen LogP contribution in [0, 0.1) is 45.4 Å². The number of nitrogens with zero attached hydrogens (tertiary/aromatic N) is 16. The van der Waals surface area contributed by atoms with Crippen molar-refractivity contribution >= 4 is 128 Å². The number of hydrogen-bond acceptors (Lipinski definition) is 28. The lowest BCUT2D eigenvalue weighted by molar-refractivity contribution is -0.130. The third-order valence-corrected chi connectivity index (χ3v) is 23.4. The molecule has 5 aliphatic heterocycles. The van der Waals surface area contributed by atoms with Gasteiger partial charge in [-0.05, 0) is 270 Å². The number of nitrogens with one attached hydrogen (secondary N) is 4. The SMILES string of the molecule is CC(C)(C)OC(=O)N1CCCC(F)(C(=O)Nc2cc(Br)c[nH]c2=O)C1.CC(C)(C)OC(=O)N1CCCC(F)(c2nc3cc(-c4cccc(C#N)c4)cnc3o2)C1.CC(C)(C)OC(=O)N1CCCC(F)(c2nc3cc(Br)cnc3o2)C1.N#Cc1cccc(-c2cnc3oc(C4(F)CCCNC4)nc3c2)c1.N#Cc1cccc(-c2cnc3oc([C@@]4(F)CCCN(C#N)C4)nc3c2)c1.Nc1cc(Br)c[nH]c1=O. The van der Waals surface area contributed by atoms with Crippen LogP contribution >= 0.6 is 47.8 Å². The Morgan fingerprint density at radius 3 is 1.20 bits per heavy atom. The van der Waals surface area contributed by atoms with Gasteiger partial charge in [0, 0.05) is 100 Å². The van der Waals surface area contributed by atoms with Gasteiger partial charge in [-0.3, -0.25) is 14.4 Å². The molecule has 6 N–H and O–H groups in total. The molecule has 10 aromatic heterocycles. The zero-order chi connectivity index (χ0) is 100. The summed E-state index contributed by atoms with van der Waals surface area (Å²) < 4.78 is 117. The summed E-state index contributed by atoms with van der Waals surface area (Å²) in [5.41, 5.74) is 2.62. The second-order valence-corrected chi connectivity index (χ2v) is 39.4. The van der Waals surface area contributed by atoms with Gasteiger partial charge in [0.05, 0.1) is 66.8 Å². The molecule has 18 rings (SSSR count). The van der Waals surface area contributed by atoms with Crippen LogP contribution in [0.1, 0.15) is 167 Å². The Balaban J connectivity index is 0.000000143. The number of oxazole rings is 4. The minimum absolute atomic E-state index is 0.0377. The Hall–Kier alpha value is -14.1. The van der Waals surface area contributed by atoms with Gasteiger partial charge in [-0.25, -0.2) is 76.2 Å². The van der Waals surface area contributed by atoms with E-state index in [1.54, 1.807) is 166 Å². The first-order valence-corrected chi connectivity index (χ1v) is 46.5. The molecule has 42 heteroatoms. The Morgan fingerprint density at radius 2 is 0.813 bits per heavy atom. The number of hydrogen-bond donors (Lipinski definition) is 5. The summed E-state index contributed by atoms with van der Waals surface area (Å²) in [6.45, 7) is 17.7. The number of carbonyl (C=O) groups excluding carboxylic acids is 4. The Morgan fingerprint density at radius 1 is 0.446 bits per heavy atom. The maximum Gasteiger partial charge on any atom is 0.410 e. The molecule has 3 aromatic carbocycles. The van der Waals surface area contributed by atoms with E-state index in [4.69, 9.17) is 58.7 Å². The maximum absolute atomic E-state index is 15.8. The van der Waals surface area contributed by atoms with Crippen LogP contribution in [0.3, 0.4) is 0 Å². The fraction of sp³-hybridized carbons (Fsp3) is 0.381. The van der Waals surface area contributed by atoms with Crippen molar-refractivity contribution in [1.82, 2.24) is 74.8 Å². The number of pyridine rings is 6. The molecule has 34 nitrogen and oxygen atoms in total. The minimum atomic E-state index is -2.29. The molecular weight excluding hydrogens is 2000 g/mol. The number of halogens is 8. The first-order chi connectivity index (χ1) is 65.8. The molecule has 13 aromatic rings. The molecule has 5 aliphatic rings. The van der Waals surface area contributed by atoms with Crippen molar-refractivity contribution in [2.24, 2.45) is 0 Å². The van der Waals surface area contributed by atoms with Crippen molar-refractivity contribution in [2.45, 2.75) is 172 Å². The van der Waals surface area contributed by atoms with Gasteiger partial charge in [0.1, 0.15) is 44.6 Å². The molecule has 0 saturated carbocycles. The third kappa shape index (κ3) is 26.3. The lowest BCUT2D eigenvalue weighted by atomic mass is 9.94. The van der Waals surface area contributed by atoms with Gasteiger partial charge in [-0.15, -0.1) is 0 Å². The number of H-pyrrole nitrogens is 2. The van der Waals surface area contributed by atoms with Crippen LogP contribution in [-0.2, 0) is 41.7 Å². The quantitative estimate of drug-likeness (QED) is 0.0509. The van der Waals surface area contributed by atoms with E-state index in [0.717, 1.165) is 55.3 Å². The molecule has 0 radical (unpaired) electrons. The molecule has 0 aliphatic carbocycles. The number of carbonyl (C=O) groups is 4. The summed E-state index contributed by atoms with van der Waals surface area (Å²) >= 11 is 9.61. The van der Waals surface area contributed by atoms with Gasteiger partial charge in [0.25, 0.3) is 17.0 Å². The standard InChI is InChI=1S/C23H23FN4O3.C19H14FN5O.C18H15FN4O.C16H21BrFN3O4.C16H19BrFN3O3.C5H5BrN2O/c1-22(2,3)31-21(29)28-9-5-8-23(24,14-28)20-27-18-11-17(13-26-19(18)30-20)16-7-4-6-15(10-16)12-25;20-19(5-2-6-25(11-19)12-22)18-24-16-8-15(10-23-17(16)26-18)14-4-1-3-13(7-14)9-21;19-18(5-2-6-21-11-18)17-23-15-8-14(10-22-16(15)24-17)13-4-1-3-12(7-13)9-20;1-15(2,3)25-14(24)21-6-4-5-16(18,9-21)13(23)20-11-7-10(17)8-19-12(11)22;1-15(2,3)24-14(22)21-6-4-5-16(18,9-21)13-20-11-7-10(17)8-19-12(11)23-13;6-3-1-4(7)5(9)8-2-3/h4,6-7,10-11,13H,5,8-9,14H2,1-3H3;1,3-4,7-8,10H,2,5-6,11H2;1,3-4,7-8,10,21H,2,5-6,11H2;7-8H,4-6,9H2,1-3H3,(H,19,22)(H,20,23);7-8H,4-6,9H2,1-3H3;1-2H,7H2,(H,8,9)/t;19-;;;;/m.1..../s1. The largest absolute Gasteiger partial charge is 0.444 e. The first kappa shape index (κ1) is 102. The number of alkyl halides is 5. The summed E-state index contributed by atoms with van der Waals surface area (Å²) in [6.07, 6.45) is 13.3. The van der Waals surface area contributed by atoms with E-state index >= 15 is 17.6 Å². The normalized spacial score (nSPS) is 19.8. The predicted molar refractivity (Wildman–Crippen MR) is 513 cm³/mol. The molecule has 5 saturated heterocycles. The van der Waals surface area contributed by atoms with E-state index in [1.807, 2.05) is 36.5 Å². The van der Waals surface area contributed by atoms with Crippen molar-refractivity contribution in [2.75, 3.05) is 76.5 Å². The van der Waals surface area contributed by atoms with E-state index in [2.05, 4.69) is 126 Å². The first-order valence-electron chi connectivity index (χ1n) is 44.1. The minimum Gasteiger partial charge on any atom is -0.444 e. The number of nitriles is 4. The van der Waals surface area contributed by atoms with Crippen molar-refractivity contribution < 1.29 is 73.0 Å². The van der Waals surface area contributed by atoms with Crippen LogP contribution in [-0.4, -0.2) is 182 Å². The molecule has 4 unspecified atom stereocenters. The summed E-state index contributed by atoms with van der Waals surface area (Å²) in [6, 6.07) is 37.8. The van der Waals surface area contributed by atoms with Gasteiger partial charge in [-0.2, -0.15) is 21.0 Å². The average molecular weight is 2100 g/mol. The van der Waals surface area contributed by atoms with Crippen molar-refractivity contribution in [3.05, 3.63) is 221 Å². The predicted octanol–water partition coefficient (Wildman–Crippen LogP) is 19.5. The lowest BCUT2D eigenvalue weighted by Gasteiger charge is -2.36. The summed E-state index contributed by atoms with van der Waals surface area (Å²) in [5, 5.41) is 41.5. The zero-order valence-electron chi connectivity index (χ0n) is 77.1. The molecule has 4 amide bonds. The summed E-state index contributed by atoms with van der Waals surface area (Å²) in [7, 11) is 0. The number of nitrogens with two attached hydrogens (primary N) is 1. The topological polar surface area (TPSA) is 476 Å². The van der Waals surface area contributed by atoms with Crippen molar-refractivity contribution in [1.29, 1.82) is 21.0 Å². The van der Waals surface area contributed by atoms with Crippen LogP contribution in [0.25, 0.3) is 78.3 Å². The highest BCUT2D eigenvalue weighted by Gasteiger charge is 2.49. The second kappa shape index (κ2) is 42.9. The molecule has 0 spiro atoms. The highest BCUT2D eigenvalue weighted by molar-refractivity contribution is 9.11. The molecular formula is C97H97Br3F5N21O13. The van der Waals surface area contributed by atoms with Crippen LogP contribution in [0.2, 0.25) is 0 Å². The number of aromatic nitrogens is 10. The number of anilines is 2. The van der Waals surface area contributed by atoms with Gasteiger partial charge in [-0.1, -0.05) is 36.4 Å². The van der Waals surface area contributed by atoms with Crippen LogP contribution in [0.4, 0.5) is 47.7 Å². The number of fused-ring (bicyclic) bond motifs is 4. The number of piperidine rings is 5.